The first-order chi connectivity index (χ1) is 19.6. The molecule has 1 aliphatic rings. The van der Waals surface area contributed by atoms with Gasteiger partial charge >= 0.3 is 11.9 Å². The number of nitrogens with one attached hydrogen (secondary N) is 2. The van der Waals surface area contributed by atoms with Gasteiger partial charge in [-0.05, 0) is 75.4 Å². The van der Waals surface area contributed by atoms with Crippen molar-refractivity contribution in [2.75, 3.05) is 17.9 Å². The number of primary sulfonamides is 1. The topological polar surface area (TPSA) is 202 Å². The van der Waals surface area contributed by atoms with E-state index in [-0.39, 0.29) is 28.6 Å². The third kappa shape index (κ3) is 8.41. The molecule has 0 spiro atoms. The van der Waals surface area contributed by atoms with Gasteiger partial charge in [-0.1, -0.05) is 23.7 Å². The largest absolute Gasteiger partial charge is 0.480 e. The number of amides is 1. The maximum atomic E-state index is 12.9. The third-order valence-electron chi connectivity index (χ3n) is 6.66. The fraction of sp³-hybridized carbons (Fsp3) is 0.423. The van der Waals surface area contributed by atoms with E-state index in [0.717, 1.165) is 23.8 Å². The van der Waals surface area contributed by atoms with Gasteiger partial charge in [0.05, 0.1) is 22.6 Å². The van der Waals surface area contributed by atoms with Crippen LogP contribution < -0.4 is 15.2 Å². The Hall–Kier alpha value is -3.24. The molecule has 1 unspecified atom stereocenters. The number of nitrogens with zero attached hydrogens (tertiary/aromatic N) is 1. The molecule has 2 aromatic rings. The Bertz CT molecular complexity index is 1530. The summed E-state index contributed by atoms with van der Waals surface area (Å²) < 4.78 is 56.6. The first-order valence-electron chi connectivity index (χ1n) is 13.0. The van der Waals surface area contributed by atoms with Crippen LogP contribution in [0.25, 0.3) is 0 Å². The number of anilines is 1. The second-order valence-electron chi connectivity index (χ2n) is 9.70. The quantitative estimate of drug-likeness (QED) is 0.232. The van der Waals surface area contributed by atoms with Crippen LogP contribution in [0, 0.1) is 0 Å². The van der Waals surface area contributed by atoms with Crippen LogP contribution in [0.3, 0.4) is 0 Å². The molecule has 0 aliphatic carbocycles. The number of carboxylic acid groups (broad SMARTS) is 1. The number of aliphatic carboxylic acids is 1. The average molecular weight is 645 g/mol. The molecule has 1 amide bonds. The van der Waals surface area contributed by atoms with E-state index in [2.05, 4.69) is 10.0 Å². The van der Waals surface area contributed by atoms with E-state index in [0.29, 0.717) is 25.8 Å². The third-order valence-corrected chi connectivity index (χ3v) is 9.43. The Morgan fingerprint density at radius 3 is 2.40 bits per heavy atom. The predicted molar refractivity (Wildman–Crippen MR) is 154 cm³/mol. The van der Waals surface area contributed by atoms with Gasteiger partial charge in [0.2, 0.25) is 15.9 Å². The number of aryl methyl sites for hydroxylation is 1. The molecule has 1 aliphatic heterocycles. The fourth-order valence-corrected chi connectivity index (χ4v) is 6.78. The Balaban J connectivity index is 1.67. The molecule has 13 nitrogen and oxygen atoms in total. The molecular formula is C26H33ClN4O9S2. The molecule has 3 atom stereocenters. The summed E-state index contributed by atoms with van der Waals surface area (Å²) in [5.74, 6) is -2.04. The summed E-state index contributed by atoms with van der Waals surface area (Å²) in [4.78, 5) is 37.5. The molecule has 1 saturated heterocycles. The van der Waals surface area contributed by atoms with Crippen molar-refractivity contribution in [2.45, 2.75) is 67.4 Å². The van der Waals surface area contributed by atoms with Crippen LogP contribution in [0.15, 0.2) is 52.3 Å². The molecule has 0 bridgehead atoms. The van der Waals surface area contributed by atoms with E-state index < -0.39 is 60.9 Å². The first-order valence-corrected chi connectivity index (χ1v) is 16.4. The van der Waals surface area contributed by atoms with Gasteiger partial charge in [0.15, 0.2) is 0 Å². The lowest BCUT2D eigenvalue weighted by Crippen LogP contribution is -2.53. The number of benzene rings is 2. The summed E-state index contributed by atoms with van der Waals surface area (Å²) in [5.41, 5.74) is 0.949. The molecule has 5 N–H and O–H groups in total. The summed E-state index contributed by atoms with van der Waals surface area (Å²) in [6.07, 6.45) is 1.56. The number of carboxylic acids is 1. The van der Waals surface area contributed by atoms with Crippen molar-refractivity contribution in [1.82, 2.24) is 10.2 Å². The lowest BCUT2D eigenvalue weighted by atomic mass is 10.0. The van der Waals surface area contributed by atoms with Gasteiger partial charge < -0.3 is 14.7 Å². The number of carbonyl (C=O) groups excluding carboxylic acids is 2. The molecule has 1 fully saturated rings. The first kappa shape index (κ1) is 33.3. The van der Waals surface area contributed by atoms with Gasteiger partial charge in [0.1, 0.15) is 17.0 Å². The van der Waals surface area contributed by atoms with E-state index >= 15 is 0 Å². The zero-order chi connectivity index (χ0) is 31.2. The van der Waals surface area contributed by atoms with Crippen LogP contribution in [0.2, 0.25) is 5.02 Å². The number of hydrogen-bond acceptors (Lipinski definition) is 9. The lowest BCUT2D eigenvalue weighted by Gasteiger charge is -2.27. The molecule has 0 aromatic heterocycles. The molecule has 42 heavy (non-hydrogen) atoms. The van der Waals surface area contributed by atoms with Gasteiger partial charge in [0, 0.05) is 12.2 Å². The van der Waals surface area contributed by atoms with Crippen molar-refractivity contribution in [3.8, 4) is 0 Å². The molecule has 1 heterocycles. The molecule has 230 valence electrons. The number of likely N-dealkylation sites (tertiary alicyclic amines) is 1. The molecule has 0 radical (unpaired) electrons. The fourth-order valence-electron chi connectivity index (χ4n) is 4.55. The van der Waals surface area contributed by atoms with Crippen LogP contribution in [-0.2, 0) is 45.6 Å². The Kier molecular flexibility index (Phi) is 10.9. The minimum Gasteiger partial charge on any atom is -0.480 e. The zero-order valence-corrected chi connectivity index (χ0v) is 25.3. The highest BCUT2D eigenvalue weighted by atomic mass is 35.5. The molecular weight excluding hydrogens is 612 g/mol. The number of ether oxygens (including phenoxy) is 1. The number of halogens is 1. The second-order valence-corrected chi connectivity index (χ2v) is 13.3. The highest BCUT2D eigenvalue weighted by Gasteiger charge is 2.37. The van der Waals surface area contributed by atoms with Crippen molar-refractivity contribution in [2.24, 2.45) is 5.14 Å². The van der Waals surface area contributed by atoms with Crippen molar-refractivity contribution in [1.29, 1.82) is 0 Å². The SMILES string of the molecule is CCOC(=O)C(CCc1ccc(NS(=O)(=O)c2ccc(Cl)c(S(N)(=O)=O)c2)cc1)N[C@@H](C)C(=O)N1CCC[C@H]1C(=O)O. The molecule has 3 rings (SSSR count). The zero-order valence-electron chi connectivity index (χ0n) is 22.9. The number of carbonyl (C=O) groups is 3. The molecule has 2 aromatic carbocycles. The van der Waals surface area contributed by atoms with Crippen molar-refractivity contribution < 1.29 is 41.1 Å². The van der Waals surface area contributed by atoms with Crippen LogP contribution in [0.1, 0.15) is 38.7 Å². The van der Waals surface area contributed by atoms with Gasteiger partial charge in [-0.15, -0.1) is 0 Å². The normalized spacial score (nSPS) is 17.0. The minimum atomic E-state index is -4.25. The number of nitrogens with two attached hydrogens (primary N) is 1. The van der Waals surface area contributed by atoms with Crippen molar-refractivity contribution in [3.05, 3.63) is 53.1 Å². The lowest BCUT2D eigenvalue weighted by molar-refractivity contribution is -0.150. The van der Waals surface area contributed by atoms with Crippen LogP contribution in [0.4, 0.5) is 5.69 Å². The average Bonchev–Trinajstić information content (AvgIpc) is 3.41. The number of hydrogen-bond donors (Lipinski definition) is 4. The standard InChI is InChI=1S/C26H33ClN4O9S2/c1-3-40-26(35)21(29-16(2)24(32)31-14-4-5-22(31)25(33)34)13-8-17-6-9-18(10-7-17)30-42(38,39)19-11-12-20(27)23(15-19)41(28,36)37/h6-7,9-12,15-16,21-22,29-30H,3-5,8,13-14H2,1-2H3,(H,33,34)(H2,28,36,37)/t16-,21?,22-/m0/s1. The van der Waals surface area contributed by atoms with Gasteiger partial charge in [-0.25, -0.2) is 26.8 Å². The Morgan fingerprint density at radius 1 is 1.14 bits per heavy atom. The van der Waals surface area contributed by atoms with Crippen molar-refractivity contribution >= 4 is 55.2 Å². The Labute approximate surface area is 249 Å². The van der Waals surface area contributed by atoms with E-state index in [1.807, 2.05) is 0 Å². The summed E-state index contributed by atoms with van der Waals surface area (Å²) in [7, 11) is -8.43. The second kappa shape index (κ2) is 13.8. The maximum absolute atomic E-state index is 12.9. The maximum Gasteiger partial charge on any atom is 0.326 e. The number of rotatable bonds is 13. The predicted octanol–water partition coefficient (Wildman–Crippen LogP) is 1.71. The van der Waals surface area contributed by atoms with E-state index in [1.165, 1.54) is 17.0 Å². The van der Waals surface area contributed by atoms with Gasteiger partial charge in [-0.2, -0.15) is 0 Å². The summed E-state index contributed by atoms with van der Waals surface area (Å²) in [6.45, 7) is 3.69. The van der Waals surface area contributed by atoms with Crippen LogP contribution in [-0.4, -0.2) is 76.0 Å². The molecule has 16 heteroatoms. The number of sulfonamides is 2. The van der Waals surface area contributed by atoms with Crippen molar-refractivity contribution in [3.63, 3.8) is 0 Å². The van der Waals surface area contributed by atoms with E-state index in [4.69, 9.17) is 21.5 Å². The smallest absolute Gasteiger partial charge is 0.326 e. The van der Waals surface area contributed by atoms with E-state index in [1.54, 1.807) is 26.0 Å². The van der Waals surface area contributed by atoms with Gasteiger partial charge in [0.25, 0.3) is 10.0 Å². The minimum absolute atomic E-state index is 0.133. The summed E-state index contributed by atoms with van der Waals surface area (Å²) >= 11 is 5.84. The van der Waals surface area contributed by atoms with E-state index in [9.17, 15) is 36.3 Å². The monoisotopic (exact) mass is 644 g/mol. The van der Waals surface area contributed by atoms with Crippen LogP contribution >= 0.6 is 11.6 Å². The Morgan fingerprint density at radius 2 is 1.81 bits per heavy atom. The summed E-state index contributed by atoms with van der Waals surface area (Å²) in [5, 5.41) is 17.3. The highest BCUT2D eigenvalue weighted by Crippen LogP contribution is 2.25. The van der Waals surface area contributed by atoms with Gasteiger partial charge in [-0.3, -0.25) is 19.6 Å². The highest BCUT2D eigenvalue weighted by molar-refractivity contribution is 7.93. The molecule has 0 saturated carbocycles. The van der Waals surface area contributed by atoms with Crippen LogP contribution in [0.5, 0.6) is 0 Å². The summed E-state index contributed by atoms with van der Waals surface area (Å²) in [6, 6.07) is 6.85. The number of esters is 1.